The number of hydrogen-bond donors (Lipinski definition) is 1. The smallest absolute Gasteiger partial charge is 0.225 e. The predicted octanol–water partition coefficient (Wildman–Crippen LogP) is 6.49. The van der Waals surface area contributed by atoms with E-state index < -0.39 is 0 Å². The maximum absolute atomic E-state index is 13.5. The van der Waals surface area contributed by atoms with Gasteiger partial charge in [-0.1, -0.05) is 45.1 Å². The van der Waals surface area contributed by atoms with Gasteiger partial charge in [-0.25, -0.2) is 0 Å². The maximum Gasteiger partial charge on any atom is 0.225 e. The van der Waals surface area contributed by atoms with Crippen molar-refractivity contribution in [2.24, 2.45) is 21.3 Å². The Morgan fingerprint density at radius 3 is 2.43 bits per heavy atom. The molecule has 0 bridgehead atoms. The molecule has 1 amide bonds. The Bertz CT molecular complexity index is 1160. The number of rotatable bonds is 7. The highest BCUT2D eigenvalue weighted by Gasteiger charge is 2.36. The number of ether oxygens (including phenoxy) is 1. The van der Waals surface area contributed by atoms with Crippen LogP contribution in [-0.4, -0.2) is 49.0 Å². The van der Waals surface area contributed by atoms with Gasteiger partial charge in [0.15, 0.2) is 0 Å². The summed E-state index contributed by atoms with van der Waals surface area (Å²) in [5, 5.41) is 3.54. The second-order valence-electron chi connectivity index (χ2n) is 11.7. The van der Waals surface area contributed by atoms with Crippen LogP contribution in [-0.2, 0) is 9.53 Å². The molecule has 2 aliphatic heterocycles. The molecule has 1 saturated carbocycles. The lowest BCUT2D eigenvalue weighted by Gasteiger charge is -2.40. The number of benzene rings is 1. The highest BCUT2D eigenvalue weighted by molar-refractivity contribution is 6.15. The molecule has 1 unspecified atom stereocenters. The molecule has 0 spiro atoms. The molecule has 198 valence electrons. The molecule has 6 heteroatoms. The molecule has 3 aliphatic rings. The summed E-state index contributed by atoms with van der Waals surface area (Å²) in [4.78, 5) is 24.9. The van der Waals surface area contributed by atoms with Crippen LogP contribution in [0.25, 0.3) is 0 Å². The second-order valence-corrected chi connectivity index (χ2v) is 11.7. The van der Waals surface area contributed by atoms with Gasteiger partial charge in [0.1, 0.15) is 6.04 Å². The monoisotopic (exact) mass is 502 g/mol. The molecule has 0 saturated heterocycles. The van der Waals surface area contributed by atoms with E-state index in [1.807, 2.05) is 32.0 Å². The highest BCUT2D eigenvalue weighted by atomic mass is 16.5. The first-order chi connectivity index (χ1) is 17.5. The fourth-order valence-corrected chi connectivity index (χ4v) is 5.84. The molecule has 2 heterocycles. The van der Waals surface area contributed by atoms with E-state index in [1.54, 1.807) is 7.11 Å². The average molecular weight is 503 g/mol. The van der Waals surface area contributed by atoms with Gasteiger partial charge in [-0.2, -0.15) is 0 Å². The lowest BCUT2D eigenvalue weighted by Crippen LogP contribution is -2.42. The number of methoxy groups -OCH3 is 1. The summed E-state index contributed by atoms with van der Waals surface area (Å²) >= 11 is 0. The molecule has 1 aromatic carbocycles. The molecule has 1 N–H and O–H groups in total. The van der Waals surface area contributed by atoms with Crippen molar-refractivity contribution >= 4 is 23.5 Å². The Labute approximate surface area is 222 Å². The number of fused-ring (bicyclic) bond motifs is 1. The van der Waals surface area contributed by atoms with E-state index in [-0.39, 0.29) is 35.4 Å². The zero-order valence-corrected chi connectivity index (χ0v) is 23.5. The summed E-state index contributed by atoms with van der Waals surface area (Å²) in [6, 6.07) is 8.36. The molecule has 1 fully saturated rings. The van der Waals surface area contributed by atoms with Gasteiger partial charge in [0, 0.05) is 43.2 Å². The first kappa shape index (κ1) is 27.1. The first-order valence-corrected chi connectivity index (χ1v) is 13.4. The van der Waals surface area contributed by atoms with Gasteiger partial charge in [0.25, 0.3) is 0 Å². The SMILES string of the molecule is C=C1CCC(C(=O)N(C)[C@@H](c2ccc(NC3=C([C@H](C)OC)C4=NC(C)=CC4N=C3)cc2)C(C)(C)C)CC1. The third kappa shape index (κ3) is 5.80. The number of aliphatic imine (C=N–C) groups is 2. The van der Waals surface area contributed by atoms with Crippen LogP contribution in [0.2, 0.25) is 0 Å². The van der Waals surface area contributed by atoms with E-state index in [1.165, 1.54) is 5.57 Å². The molecule has 4 rings (SSSR count). The Morgan fingerprint density at radius 1 is 1.19 bits per heavy atom. The van der Waals surface area contributed by atoms with Crippen LogP contribution in [0.3, 0.4) is 0 Å². The van der Waals surface area contributed by atoms with Crippen LogP contribution < -0.4 is 5.32 Å². The van der Waals surface area contributed by atoms with E-state index in [2.05, 4.69) is 63.0 Å². The van der Waals surface area contributed by atoms with Crippen molar-refractivity contribution in [1.82, 2.24) is 4.90 Å². The molecule has 3 atom stereocenters. The van der Waals surface area contributed by atoms with E-state index in [9.17, 15) is 4.79 Å². The lowest BCUT2D eigenvalue weighted by atomic mass is 9.79. The number of allylic oxidation sites excluding steroid dienone is 3. The number of amides is 1. The van der Waals surface area contributed by atoms with Crippen LogP contribution in [0.15, 0.2) is 69.4 Å². The quantitative estimate of drug-likeness (QED) is 0.433. The second kappa shape index (κ2) is 10.8. The fraction of sp³-hybridized carbons (Fsp3) is 0.516. The minimum atomic E-state index is -0.115. The van der Waals surface area contributed by atoms with Crippen LogP contribution in [0.4, 0.5) is 5.69 Å². The van der Waals surface area contributed by atoms with Crippen LogP contribution in [0, 0.1) is 11.3 Å². The summed E-state index contributed by atoms with van der Waals surface area (Å²) < 4.78 is 5.69. The van der Waals surface area contributed by atoms with Gasteiger partial charge in [0.05, 0.1) is 23.6 Å². The van der Waals surface area contributed by atoms with Gasteiger partial charge in [-0.05, 0) is 68.7 Å². The largest absolute Gasteiger partial charge is 0.377 e. The third-order valence-electron chi connectivity index (χ3n) is 7.77. The van der Waals surface area contributed by atoms with Crippen molar-refractivity contribution in [1.29, 1.82) is 0 Å². The van der Waals surface area contributed by atoms with Crippen LogP contribution in [0.5, 0.6) is 0 Å². The van der Waals surface area contributed by atoms with Gasteiger partial charge in [0.2, 0.25) is 5.91 Å². The molecule has 1 aliphatic carbocycles. The number of nitrogens with zero attached hydrogens (tertiary/aromatic N) is 3. The average Bonchev–Trinajstić information content (AvgIpc) is 3.24. The van der Waals surface area contributed by atoms with Crippen molar-refractivity contribution in [3.05, 3.63) is 65.0 Å². The predicted molar refractivity (Wildman–Crippen MR) is 153 cm³/mol. The normalized spacial score (nSPS) is 21.8. The van der Waals surface area contributed by atoms with Crippen molar-refractivity contribution in [2.45, 2.75) is 78.5 Å². The lowest BCUT2D eigenvalue weighted by molar-refractivity contribution is -0.139. The van der Waals surface area contributed by atoms with Crippen molar-refractivity contribution in [2.75, 3.05) is 19.5 Å². The van der Waals surface area contributed by atoms with Crippen molar-refractivity contribution in [3.8, 4) is 0 Å². The van der Waals surface area contributed by atoms with E-state index in [0.29, 0.717) is 0 Å². The highest BCUT2D eigenvalue weighted by Crippen LogP contribution is 2.40. The van der Waals surface area contributed by atoms with Gasteiger partial charge < -0.3 is 15.0 Å². The van der Waals surface area contributed by atoms with Crippen molar-refractivity contribution in [3.63, 3.8) is 0 Å². The molecule has 37 heavy (non-hydrogen) atoms. The summed E-state index contributed by atoms with van der Waals surface area (Å²) in [7, 11) is 3.68. The summed E-state index contributed by atoms with van der Waals surface area (Å²) in [5.41, 5.74) is 7.11. The maximum atomic E-state index is 13.5. The zero-order valence-electron chi connectivity index (χ0n) is 23.5. The Morgan fingerprint density at radius 2 is 1.84 bits per heavy atom. The van der Waals surface area contributed by atoms with E-state index >= 15 is 0 Å². The summed E-state index contributed by atoms with van der Waals surface area (Å²) in [6.07, 6.45) is 7.57. The topological polar surface area (TPSA) is 66.3 Å². The van der Waals surface area contributed by atoms with Crippen LogP contribution >= 0.6 is 0 Å². The first-order valence-electron chi connectivity index (χ1n) is 13.4. The zero-order chi connectivity index (χ0) is 26.9. The van der Waals surface area contributed by atoms with Gasteiger partial charge in [-0.3, -0.25) is 14.8 Å². The third-order valence-corrected chi connectivity index (χ3v) is 7.77. The number of nitrogens with one attached hydrogen (secondary N) is 1. The van der Waals surface area contributed by atoms with E-state index in [0.717, 1.165) is 59.6 Å². The van der Waals surface area contributed by atoms with Gasteiger partial charge >= 0.3 is 0 Å². The minimum absolute atomic E-state index is 0.0265. The molecule has 6 nitrogen and oxygen atoms in total. The standard InChI is InChI=1S/C31H42N4O2/c1-19-9-11-23(12-10-19)30(36)35(7)29(31(4,5)6)22-13-15-24(16-14-22)34-26-18-32-25-17-20(2)33-28(25)27(26)21(3)37-8/h13-18,21,23,25,29,34H,1,9-12H2,2-8H3/t21-,25?,29-/m0/s1. The molecular formula is C31H42N4O2. The minimum Gasteiger partial charge on any atom is -0.377 e. The number of carbonyl (C=O) groups is 1. The molecule has 0 radical (unpaired) electrons. The Hall–Kier alpha value is -2.99. The van der Waals surface area contributed by atoms with Crippen molar-refractivity contribution < 1.29 is 9.53 Å². The molecular weight excluding hydrogens is 460 g/mol. The van der Waals surface area contributed by atoms with Gasteiger partial charge in [-0.15, -0.1) is 0 Å². The number of carbonyl (C=O) groups excluding carboxylic acids is 1. The number of dihydropyridines is 1. The fourth-order valence-electron chi connectivity index (χ4n) is 5.84. The van der Waals surface area contributed by atoms with Crippen LogP contribution in [0.1, 0.15) is 71.9 Å². The Kier molecular flexibility index (Phi) is 7.88. The molecule has 0 aromatic heterocycles. The number of anilines is 1. The Balaban J connectivity index is 1.56. The number of hydrogen-bond acceptors (Lipinski definition) is 5. The van der Waals surface area contributed by atoms with E-state index in [4.69, 9.17) is 14.7 Å². The summed E-state index contributed by atoms with van der Waals surface area (Å²) in [6.45, 7) is 14.7. The molecule has 1 aromatic rings. The summed E-state index contributed by atoms with van der Waals surface area (Å²) in [5.74, 6) is 0.327.